The minimum absolute atomic E-state index is 0.206. The van der Waals surface area contributed by atoms with Gasteiger partial charge in [0.05, 0.1) is 17.7 Å². The molecule has 0 saturated heterocycles. The molecule has 0 aliphatic carbocycles. The molecule has 5 nitrogen and oxygen atoms in total. The maximum atomic E-state index is 12.9. The van der Waals surface area contributed by atoms with E-state index in [4.69, 9.17) is 0 Å². The summed E-state index contributed by atoms with van der Waals surface area (Å²) in [5, 5.41) is 2.97. The van der Waals surface area contributed by atoms with Crippen molar-refractivity contribution < 1.29 is 14.4 Å². The Morgan fingerprint density at radius 1 is 0.900 bits per heavy atom. The number of amides is 3. The van der Waals surface area contributed by atoms with E-state index in [-0.39, 0.29) is 29.8 Å². The third-order valence-electron chi connectivity index (χ3n) is 5.39. The van der Waals surface area contributed by atoms with Crippen LogP contribution < -0.4 is 5.32 Å². The Morgan fingerprint density at radius 2 is 1.63 bits per heavy atom. The van der Waals surface area contributed by atoms with Gasteiger partial charge in [0, 0.05) is 11.3 Å². The minimum atomic E-state index is -0.376. The summed E-state index contributed by atoms with van der Waals surface area (Å²) in [7, 11) is 0. The van der Waals surface area contributed by atoms with Gasteiger partial charge in [-0.3, -0.25) is 19.3 Å². The van der Waals surface area contributed by atoms with Crippen molar-refractivity contribution in [1.29, 1.82) is 0 Å². The molecule has 0 radical (unpaired) electrons. The molecule has 3 aromatic carbocycles. The van der Waals surface area contributed by atoms with E-state index in [0.717, 1.165) is 28.8 Å². The summed E-state index contributed by atoms with van der Waals surface area (Å²) in [6.07, 6.45) is 0.795. The van der Waals surface area contributed by atoms with Crippen molar-refractivity contribution >= 4 is 23.4 Å². The zero-order chi connectivity index (χ0) is 21.3. The standard InChI is InChI=1S/C25H22N2O3/c1-3-18-11-7-8-16(2)22(18)26-23(28)19-12-13-20-21(14-19)25(30)27(24(20)29)15-17-9-5-4-6-10-17/h4-14H,3,15H2,1-2H3,(H,26,28). The van der Waals surface area contributed by atoms with Crippen molar-refractivity contribution in [3.8, 4) is 0 Å². The number of anilines is 1. The second-order valence-electron chi connectivity index (χ2n) is 7.36. The van der Waals surface area contributed by atoms with Crippen LogP contribution >= 0.6 is 0 Å². The highest BCUT2D eigenvalue weighted by Gasteiger charge is 2.36. The molecule has 0 fully saturated rings. The Bertz CT molecular complexity index is 1150. The fourth-order valence-electron chi connectivity index (χ4n) is 3.73. The molecule has 0 unspecified atom stereocenters. The first-order chi connectivity index (χ1) is 14.5. The highest BCUT2D eigenvalue weighted by atomic mass is 16.2. The maximum absolute atomic E-state index is 12.9. The molecule has 0 atom stereocenters. The molecule has 0 bridgehead atoms. The van der Waals surface area contributed by atoms with E-state index >= 15 is 0 Å². The highest BCUT2D eigenvalue weighted by Crippen LogP contribution is 2.27. The fourth-order valence-corrected chi connectivity index (χ4v) is 3.73. The Labute approximate surface area is 175 Å². The molecule has 4 rings (SSSR count). The van der Waals surface area contributed by atoms with Crippen LogP contribution in [-0.4, -0.2) is 22.6 Å². The van der Waals surface area contributed by atoms with Crippen LogP contribution in [0, 0.1) is 6.92 Å². The normalized spacial score (nSPS) is 12.8. The third kappa shape index (κ3) is 3.50. The SMILES string of the molecule is CCc1cccc(C)c1NC(=O)c1ccc2c(c1)C(=O)N(Cc1ccccc1)C2=O. The van der Waals surface area contributed by atoms with Crippen molar-refractivity contribution in [1.82, 2.24) is 4.90 Å². The predicted octanol–water partition coefficient (Wildman–Crippen LogP) is 4.61. The Balaban J connectivity index is 1.59. The van der Waals surface area contributed by atoms with Gasteiger partial charge < -0.3 is 5.32 Å². The molecule has 0 aromatic heterocycles. The molecular formula is C25H22N2O3. The summed E-state index contributed by atoms with van der Waals surface area (Å²) in [4.78, 5) is 39.7. The summed E-state index contributed by atoms with van der Waals surface area (Å²) in [5.74, 6) is -1.01. The van der Waals surface area contributed by atoms with E-state index in [0.29, 0.717) is 11.1 Å². The summed E-state index contributed by atoms with van der Waals surface area (Å²) in [6.45, 7) is 4.18. The van der Waals surface area contributed by atoms with Gasteiger partial charge in [0.25, 0.3) is 17.7 Å². The highest BCUT2D eigenvalue weighted by molar-refractivity contribution is 6.22. The number of rotatable bonds is 5. The van der Waals surface area contributed by atoms with Crippen molar-refractivity contribution in [2.75, 3.05) is 5.32 Å². The molecule has 3 amide bonds. The Hall–Kier alpha value is -3.73. The van der Waals surface area contributed by atoms with Crippen molar-refractivity contribution in [2.45, 2.75) is 26.8 Å². The fraction of sp³-hybridized carbons (Fsp3) is 0.160. The molecule has 0 spiro atoms. The van der Waals surface area contributed by atoms with Crippen LogP contribution in [0.25, 0.3) is 0 Å². The molecule has 5 heteroatoms. The van der Waals surface area contributed by atoms with E-state index in [9.17, 15) is 14.4 Å². The first-order valence-electron chi connectivity index (χ1n) is 9.93. The molecule has 3 aromatic rings. The molecule has 1 N–H and O–H groups in total. The Morgan fingerprint density at radius 3 is 2.37 bits per heavy atom. The number of benzene rings is 3. The van der Waals surface area contributed by atoms with Crippen LogP contribution in [0.5, 0.6) is 0 Å². The summed E-state index contributed by atoms with van der Waals surface area (Å²) >= 11 is 0. The van der Waals surface area contributed by atoms with Crippen molar-refractivity contribution in [3.63, 3.8) is 0 Å². The average Bonchev–Trinajstić information content (AvgIpc) is 3.00. The van der Waals surface area contributed by atoms with E-state index in [1.54, 1.807) is 12.1 Å². The number of para-hydroxylation sites is 1. The number of carbonyl (C=O) groups is 3. The van der Waals surface area contributed by atoms with Crippen LogP contribution in [-0.2, 0) is 13.0 Å². The van der Waals surface area contributed by atoms with Crippen molar-refractivity contribution in [3.05, 3.63) is 100 Å². The number of nitrogens with zero attached hydrogens (tertiary/aromatic N) is 1. The third-order valence-corrected chi connectivity index (χ3v) is 5.39. The number of nitrogens with one attached hydrogen (secondary N) is 1. The summed E-state index contributed by atoms with van der Waals surface area (Å²) < 4.78 is 0. The lowest BCUT2D eigenvalue weighted by atomic mass is 10.0. The monoisotopic (exact) mass is 398 g/mol. The smallest absolute Gasteiger partial charge is 0.261 e. The van der Waals surface area contributed by atoms with Crippen LogP contribution in [0.1, 0.15) is 54.7 Å². The van der Waals surface area contributed by atoms with E-state index in [2.05, 4.69) is 5.32 Å². The van der Waals surface area contributed by atoms with E-state index < -0.39 is 0 Å². The second kappa shape index (κ2) is 7.95. The Kier molecular flexibility index (Phi) is 5.19. The largest absolute Gasteiger partial charge is 0.321 e. The predicted molar refractivity (Wildman–Crippen MR) is 116 cm³/mol. The van der Waals surface area contributed by atoms with Gasteiger partial charge in [-0.15, -0.1) is 0 Å². The van der Waals surface area contributed by atoms with Crippen LogP contribution in [0.3, 0.4) is 0 Å². The number of carbonyl (C=O) groups excluding carboxylic acids is 3. The number of fused-ring (bicyclic) bond motifs is 1. The minimum Gasteiger partial charge on any atom is -0.321 e. The molecule has 30 heavy (non-hydrogen) atoms. The zero-order valence-electron chi connectivity index (χ0n) is 16.9. The first kappa shape index (κ1) is 19.6. The van der Waals surface area contributed by atoms with Crippen LogP contribution in [0.4, 0.5) is 5.69 Å². The van der Waals surface area contributed by atoms with Gasteiger partial charge in [0.2, 0.25) is 0 Å². The zero-order valence-corrected chi connectivity index (χ0v) is 16.9. The van der Waals surface area contributed by atoms with Gasteiger partial charge in [-0.2, -0.15) is 0 Å². The lowest BCUT2D eigenvalue weighted by Gasteiger charge is -2.13. The number of aryl methyl sites for hydroxylation is 2. The number of imide groups is 1. The average molecular weight is 398 g/mol. The number of hydrogen-bond donors (Lipinski definition) is 1. The topological polar surface area (TPSA) is 66.5 Å². The molecule has 1 aliphatic rings. The quantitative estimate of drug-likeness (QED) is 0.639. The summed E-state index contributed by atoms with van der Waals surface area (Å²) in [5.41, 5.74) is 4.63. The van der Waals surface area contributed by atoms with E-state index in [1.807, 2.05) is 62.4 Å². The first-order valence-corrected chi connectivity index (χ1v) is 9.93. The molecule has 0 saturated carbocycles. The van der Waals surface area contributed by atoms with Gasteiger partial charge in [-0.05, 0) is 48.2 Å². The molecule has 150 valence electrons. The van der Waals surface area contributed by atoms with Crippen molar-refractivity contribution in [2.24, 2.45) is 0 Å². The molecule has 1 aliphatic heterocycles. The van der Waals surface area contributed by atoms with Gasteiger partial charge >= 0.3 is 0 Å². The van der Waals surface area contributed by atoms with Gasteiger partial charge in [-0.1, -0.05) is 55.5 Å². The van der Waals surface area contributed by atoms with E-state index in [1.165, 1.54) is 11.0 Å². The summed E-state index contributed by atoms with van der Waals surface area (Å²) in [6, 6.07) is 19.9. The van der Waals surface area contributed by atoms with Gasteiger partial charge in [0.15, 0.2) is 0 Å². The van der Waals surface area contributed by atoms with Crippen LogP contribution in [0.2, 0.25) is 0 Å². The maximum Gasteiger partial charge on any atom is 0.261 e. The lowest BCUT2D eigenvalue weighted by Crippen LogP contribution is -2.29. The van der Waals surface area contributed by atoms with Gasteiger partial charge in [0.1, 0.15) is 0 Å². The second-order valence-corrected chi connectivity index (χ2v) is 7.36. The van der Waals surface area contributed by atoms with Gasteiger partial charge in [-0.25, -0.2) is 0 Å². The van der Waals surface area contributed by atoms with Crippen LogP contribution in [0.15, 0.2) is 66.7 Å². The molecule has 1 heterocycles. The lowest BCUT2D eigenvalue weighted by molar-refractivity contribution is 0.0642. The number of hydrogen-bond acceptors (Lipinski definition) is 3. The molecular weight excluding hydrogens is 376 g/mol.